The first-order valence-corrected chi connectivity index (χ1v) is 12.1. The lowest BCUT2D eigenvalue weighted by Crippen LogP contribution is -2.22. The second-order valence-electron chi connectivity index (χ2n) is 7.67. The number of thiophene rings is 2. The summed E-state index contributed by atoms with van der Waals surface area (Å²) in [5.41, 5.74) is 4.69. The third kappa shape index (κ3) is 2.86. The molecule has 0 N–H and O–H groups in total. The molecule has 2 aromatic carbocycles. The Morgan fingerprint density at radius 2 is 1.53 bits per heavy atom. The van der Waals surface area contributed by atoms with E-state index < -0.39 is 0 Å². The van der Waals surface area contributed by atoms with Gasteiger partial charge >= 0.3 is 0 Å². The van der Waals surface area contributed by atoms with Crippen LogP contribution in [0.3, 0.4) is 0 Å². The first-order chi connectivity index (χ1) is 15.7. The summed E-state index contributed by atoms with van der Waals surface area (Å²) >= 11 is 3.34. The molecule has 0 saturated carbocycles. The molecule has 0 amide bonds. The topological polar surface area (TPSA) is 34.9 Å². The van der Waals surface area contributed by atoms with Crippen LogP contribution >= 0.6 is 22.7 Å². The molecule has 0 unspecified atom stereocenters. The van der Waals surface area contributed by atoms with Crippen molar-refractivity contribution in [3.8, 4) is 26.7 Å². The third-order valence-electron chi connectivity index (χ3n) is 5.79. The molecule has 6 aromatic rings. The highest BCUT2D eigenvalue weighted by molar-refractivity contribution is 7.14. The number of fused-ring (bicyclic) bond motifs is 2. The Morgan fingerprint density at radius 1 is 0.781 bits per heavy atom. The van der Waals surface area contributed by atoms with Crippen LogP contribution in [-0.4, -0.2) is 9.55 Å². The molecule has 154 valence electrons. The molecule has 4 aromatic heterocycles. The number of benzene rings is 2. The molecule has 0 atom stereocenters. The van der Waals surface area contributed by atoms with E-state index in [1.165, 1.54) is 0 Å². The molecule has 32 heavy (non-hydrogen) atoms. The van der Waals surface area contributed by atoms with Gasteiger partial charge in [-0.3, -0.25) is 14.3 Å². The lowest BCUT2D eigenvalue weighted by molar-refractivity contribution is 1.01. The van der Waals surface area contributed by atoms with Crippen molar-refractivity contribution in [2.45, 2.75) is 6.92 Å². The molecular weight excluding hydrogens is 432 g/mol. The van der Waals surface area contributed by atoms with E-state index in [-0.39, 0.29) is 5.56 Å². The van der Waals surface area contributed by atoms with Crippen LogP contribution in [0.2, 0.25) is 0 Å². The van der Waals surface area contributed by atoms with E-state index in [1.807, 2.05) is 47.9 Å². The summed E-state index contributed by atoms with van der Waals surface area (Å²) in [4.78, 5) is 21.0. The molecule has 0 bridgehead atoms. The van der Waals surface area contributed by atoms with Crippen molar-refractivity contribution >= 4 is 44.3 Å². The Balaban J connectivity index is 1.91. The fraction of sp³-hybridized carbons (Fsp3) is 0.0370. The maximum absolute atomic E-state index is 14.1. The smallest absolute Gasteiger partial charge is 0.263 e. The number of nitrogens with zero attached hydrogens (tertiary/aromatic N) is 2. The van der Waals surface area contributed by atoms with Gasteiger partial charge in [0.1, 0.15) is 0 Å². The predicted octanol–water partition coefficient (Wildman–Crippen LogP) is 7.30. The molecule has 0 saturated heterocycles. The number of aromatic nitrogens is 2. The molecule has 0 fully saturated rings. The Labute approximate surface area is 192 Å². The normalized spacial score (nSPS) is 11.4. The summed E-state index contributed by atoms with van der Waals surface area (Å²) < 4.78 is 1.90. The summed E-state index contributed by atoms with van der Waals surface area (Å²) in [5, 5.41) is 6.85. The van der Waals surface area contributed by atoms with E-state index in [0.29, 0.717) is 5.39 Å². The van der Waals surface area contributed by atoms with Crippen molar-refractivity contribution in [2.24, 2.45) is 0 Å². The summed E-state index contributed by atoms with van der Waals surface area (Å²) in [7, 11) is 0. The molecule has 0 aliphatic carbocycles. The summed E-state index contributed by atoms with van der Waals surface area (Å²) in [6, 6.07) is 24.4. The van der Waals surface area contributed by atoms with Crippen molar-refractivity contribution in [2.75, 3.05) is 0 Å². The number of aryl methyl sites for hydroxylation is 1. The van der Waals surface area contributed by atoms with Gasteiger partial charge in [0, 0.05) is 27.4 Å². The van der Waals surface area contributed by atoms with Gasteiger partial charge in [-0.2, -0.15) is 0 Å². The van der Waals surface area contributed by atoms with Gasteiger partial charge in [-0.05, 0) is 52.9 Å². The average molecular weight is 451 g/mol. The zero-order chi connectivity index (χ0) is 21.7. The van der Waals surface area contributed by atoms with E-state index in [2.05, 4.69) is 47.2 Å². The van der Waals surface area contributed by atoms with Crippen LogP contribution in [0.15, 0.2) is 94.5 Å². The molecule has 0 aliphatic heterocycles. The van der Waals surface area contributed by atoms with Crippen LogP contribution in [0, 0.1) is 6.92 Å². The Kier molecular flexibility index (Phi) is 4.52. The second-order valence-corrected chi connectivity index (χ2v) is 9.57. The molecule has 5 heteroatoms. The summed E-state index contributed by atoms with van der Waals surface area (Å²) in [6.45, 7) is 2.05. The van der Waals surface area contributed by atoms with Crippen molar-refractivity contribution in [3.63, 3.8) is 0 Å². The van der Waals surface area contributed by atoms with Gasteiger partial charge in [0.05, 0.1) is 21.8 Å². The molecule has 0 aliphatic rings. The maximum atomic E-state index is 14.1. The van der Waals surface area contributed by atoms with Crippen LogP contribution in [0.25, 0.3) is 48.4 Å². The Hall–Kier alpha value is -3.54. The first-order valence-electron chi connectivity index (χ1n) is 10.3. The SMILES string of the molecule is Cc1ccc2cccnc2c1-n1c(-c2cccs2)c(-c2cccs2)c2ccccc2c1=O. The van der Waals surface area contributed by atoms with Crippen LogP contribution in [0.4, 0.5) is 0 Å². The highest BCUT2D eigenvalue weighted by Gasteiger charge is 2.23. The van der Waals surface area contributed by atoms with Gasteiger partial charge in [0.2, 0.25) is 0 Å². The zero-order valence-electron chi connectivity index (χ0n) is 17.3. The number of pyridine rings is 2. The van der Waals surface area contributed by atoms with Crippen LogP contribution in [0.1, 0.15) is 5.56 Å². The molecule has 0 radical (unpaired) electrons. The largest absolute Gasteiger partial charge is 0.272 e. The molecule has 0 spiro atoms. The van der Waals surface area contributed by atoms with Crippen LogP contribution in [0.5, 0.6) is 0 Å². The van der Waals surface area contributed by atoms with E-state index in [1.54, 1.807) is 28.9 Å². The van der Waals surface area contributed by atoms with Crippen LogP contribution < -0.4 is 5.56 Å². The van der Waals surface area contributed by atoms with Crippen molar-refractivity contribution < 1.29 is 0 Å². The fourth-order valence-corrected chi connectivity index (χ4v) is 5.94. The minimum Gasteiger partial charge on any atom is -0.272 e. The van der Waals surface area contributed by atoms with E-state index in [9.17, 15) is 4.79 Å². The van der Waals surface area contributed by atoms with Gasteiger partial charge in [-0.15, -0.1) is 22.7 Å². The second kappa shape index (κ2) is 7.55. The Bertz CT molecular complexity index is 1650. The maximum Gasteiger partial charge on any atom is 0.263 e. The molecule has 4 heterocycles. The highest BCUT2D eigenvalue weighted by Crippen LogP contribution is 2.42. The Morgan fingerprint density at radius 3 is 2.28 bits per heavy atom. The van der Waals surface area contributed by atoms with Crippen LogP contribution in [-0.2, 0) is 0 Å². The van der Waals surface area contributed by atoms with Gasteiger partial charge in [0.15, 0.2) is 0 Å². The lowest BCUT2D eigenvalue weighted by Gasteiger charge is -2.21. The standard InChI is InChI=1S/C27H18N2OS2/c1-17-12-13-18-7-4-14-28-24(18)25(17)29-26(22-11-6-16-32-22)23(21-10-5-15-31-21)19-8-2-3-9-20(19)27(29)30/h2-16H,1H3. The molecule has 6 rings (SSSR count). The van der Waals surface area contributed by atoms with E-state index in [4.69, 9.17) is 4.98 Å². The quantitative estimate of drug-likeness (QED) is 0.283. The summed E-state index contributed by atoms with van der Waals surface area (Å²) in [5.74, 6) is 0. The van der Waals surface area contributed by atoms with Gasteiger partial charge in [-0.25, -0.2) is 0 Å². The van der Waals surface area contributed by atoms with E-state index >= 15 is 0 Å². The number of rotatable bonds is 3. The predicted molar refractivity (Wildman–Crippen MR) is 136 cm³/mol. The highest BCUT2D eigenvalue weighted by atomic mass is 32.1. The third-order valence-corrected chi connectivity index (χ3v) is 7.55. The number of hydrogen-bond acceptors (Lipinski definition) is 4. The monoisotopic (exact) mass is 450 g/mol. The summed E-state index contributed by atoms with van der Waals surface area (Å²) in [6.07, 6.45) is 1.79. The first kappa shape index (κ1) is 19.2. The van der Waals surface area contributed by atoms with Gasteiger partial charge < -0.3 is 0 Å². The van der Waals surface area contributed by atoms with Crippen molar-refractivity contribution in [1.82, 2.24) is 9.55 Å². The number of hydrogen-bond donors (Lipinski definition) is 0. The average Bonchev–Trinajstić information content (AvgIpc) is 3.54. The van der Waals surface area contributed by atoms with Gasteiger partial charge in [0.25, 0.3) is 5.56 Å². The lowest BCUT2D eigenvalue weighted by atomic mass is 9.99. The van der Waals surface area contributed by atoms with Crippen molar-refractivity contribution in [3.05, 3.63) is 106 Å². The van der Waals surface area contributed by atoms with Gasteiger partial charge in [-0.1, -0.05) is 48.5 Å². The zero-order valence-corrected chi connectivity index (χ0v) is 18.9. The molecular formula is C27H18N2OS2. The fourth-order valence-electron chi connectivity index (χ4n) is 4.39. The van der Waals surface area contributed by atoms with E-state index in [0.717, 1.165) is 48.6 Å². The minimum atomic E-state index is -0.0226. The molecule has 3 nitrogen and oxygen atoms in total. The minimum absolute atomic E-state index is 0.0226. The van der Waals surface area contributed by atoms with Crippen molar-refractivity contribution in [1.29, 1.82) is 0 Å².